The van der Waals surface area contributed by atoms with Gasteiger partial charge in [-0.15, -0.1) is 0 Å². The highest BCUT2D eigenvalue weighted by atomic mass is 32.2. The van der Waals surface area contributed by atoms with E-state index in [0.29, 0.717) is 16.8 Å². The minimum atomic E-state index is -3.11. The molecule has 0 saturated heterocycles. The van der Waals surface area contributed by atoms with Crippen LogP contribution < -0.4 is 16.6 Å². The zero-order chi connectivity index (χ0) is 15.5. The number of hydrogen-bond acceptors (Lipinski definition) is 6. The number of hydrazine groups is 1. The number of rotatable bonds is 5. The topological polar surface area (TPSA) is 114 Å². The SMILES string of the molecule is CS(=O)(=O)CCNC(=O)c1cnc(NN)c2ccccc12. The van der Waals surface area contributed by atoms with Gasteiger partial charge in [0.05, 0.1) is 11.3 Å². The first-order valence-electron chi connectivity index (χ1n) is 6.22. The molecule has 1 amide bonds. The van der Waals surface area contributed by atoms with E-state index in [9.17, 15) is 13.2 Å². The number of benzene rings is 1. The van der Waals surface area contributed by atoms with Crippen LogP contribution in [0.2, 0.25) is 0 Å². The molecule has 0 fully saturated rings. The first-order valence-corrected chi connectivity index (χ1v) is 8.28. The number of nitrogens with zero attached hydrogens (tertiary/aromatic N) is 1. The molecule has 0 aliphatic heterocycles. The molecule has 1 aromatic carbocycles. The molecule has 8 heteroatoms. The maximum Gasteiger partial charge on any atom is 0.253 e. The Morgan fingerprint density at radius 2 is 1.95 bits per heavy atom. The third kappa shape index (κ3) is 3.67. The fourth-order valence-electron chi connectivity index (χ4n) is 1.93. The minimum Gasteiger partial charge on any atom is -0.351 e. The monoisotopic (exact) mass is 308 g/mol. The predicted octanol–water partition coefficient (Wildman–Crippen LogP) is 0.295. The van der Waals surface area contributed by atoms with Crippen molar-refractivity contribution in [2.24, 2.45) is 5.84 Å². The van der Waals surface area contributed by atoms with Crippen molar-refractivity contribution in [2.75, 3.05) is 24.0 Å². The van der Waals surface area contributed by atoms with E-state index in [4.69, 9.17) is 5.84 Å². The van der Waals surface area contributed by atoms with Crippen LogP contribution in [0.1, 0.15) is 10.4 Å². The highest BCUT2D eigenvalue weighted by Gasteiger charge is 2.13. The van der Waals surface area contributed by atoms with Gasteiger partial charge < -0.3 is 10.7 Å². The maximum absolute atomic E-state index is 12.1. The zero-order valence-electron chi connectivity index (χ0n) is 11.5. The number of carbonyl (C=O) groups excluding carboxylic acids is 1. The number of carbonyl (C=O) groups is 1. The average molecular weight is 308 g/mol. The molecule has 0 saturated carbocycles. The first-order chi connectivity index (χ1) is 9.92. The average Bonchev–Trinajstić information content (AvgIpc) is 2.44. The first kappa shape index (κ1) is 15.2. The predicted molar refractivity (Wildman–Crippen MR) is 81.6 cm³/mol. The van der Waals surface area contributed by atoms with E-state index in [1.54, 1.807) is 18.2 Å². The lowest BCUT2D eigenvalue weighted by atomic mass is 10.1. The van der Waals surface area contributed by atoms with Crippen molar-refractivity contribution in [3.8, 4) is 0 Å². The highest BCUT2D eigenvalue weighted by Crippen LogP contribution is 2.23. The molecule has 7 nitrogen and oxygen atoms in total. The zero-order valence-corrected chi connectivity index (χ0v) is 12.3. The van der Waals surface area contributed by atoms with Gasteiger partial charge in [-0.3, -0.25) is 4.79 Å². The summed E-state index contributed by atoms with van der Waals surface area (Å²) >= 11 is 0. The van der Waals surface area contributed by atoms with Crippen LogP contribution in [0.4, 0.5) is 5.82 Å². The van der Waals surface area contributed by atoms with Gasteiger partial charge in [-0.1, -0.05) is 24.3 Å². The number of hydrogen-bond donors (Lipinski definition) is 3. The molecule has 0 spiro atoms. The van der Waals surface area contributed by atoms with Crippen molar-refractivity contribution in [2.45, 2.75) is 0 Å². The van der Waals surface area contributed by atoms with Crippen LogP contribution in [0.3, 0.4) is 0 Å². The second-order valence-corrected chi connectivity index (χ2v) is 6.86. The molecule has 21 heavy (non-hydrogen) atoms. The van der Waals surface area contributed by atoms with Crippen molar-refractivity contribution in [1.29, 1.82) is 0 Å². The summed E-state index contributed by atoms with van der Waals surface area (Å²) in [5, 5.41) is 3.99. The normalized spacial score (nSPS) is 11.3. The molecule has 2 aromatic rings. The second kappa shape index (κ2) is 6.06. The molecule has 0 bridgehead atoms. The summed E-state index contributed by atoms with van der Waals surface area (Å²) in [6.07, 6.45) is 2.53. The molecular weight excluding hydrogens is 292 g/mol. The number of nitrogens with two attached hydrogens (primary N) is 1. The fourth-order valence-corrected chi connectivity index (χ4v) is 2.41. The van der Waals surface area contributed by atoms with Crippen molar-refractivity contribution in [3.63, 3.8) is 0 Å². The van der Waals surface area contributed by atoms with Crippen molar-refractivity contribution in [3.05, 3.63) is 36.0 Å². The van der Waals surface area contributed by atoms with Crippen molar-refractivity contribution < 1.29 is 13.2 Å². The number of nitrogen functional groups attached to an aromatic ring is 1. The Bertz CT molecular complexity index is 774. The van der Waals surface area contributed by atoms with E-state index in [0.717, 1.165) is 11.6 Å². The summed E-state index contributed by atoms with van der Waals surface area (Å²) in [7, 11) is -3.11. The molecule has 0 radical (unpaired) electrons. The summed E-state index contributed by atoms with van der Waals surface area (Å²) in [4.78, 5) is 16.2. The van der Waals surface area contributed by atoms with E-state index >= 15 is 0 Å². The highest BCUT2D eigenvalue weighted by molar-refractivity contribution is 7.90. The van der Waals surface area contributed by atoms with Crippen LogP contribution in [-0.4, -0.2) is 37.9 Å². The minimum absolute atomic E-state index is 0.0584. The second-order valence-electron chi connectivity index (χ2n) is 4.60. The Hall–Kier alpha value is -2.19. The van der Waals surface area contributed by atoms with Crippen molar-refractivity contribution in [1.82, 2.24) is 10.3 Å². The Labute approximate surface area is 122 Å². The van der Waals surface area contributed by atoms with Gasteiger partial charge in [0, 0.05) is 24.4 Å². The molecule has 1 heterocycles. The Morgan fingerprint density at radius 1 is 1.29 bits per heavy atom. The summed E-state index contributed by atoms with van der Waals surface area (Å²) in [6, 6.07) is 7.19. The van der Waals surface area contributed by atoms with Crippen LogP contribution in [0.5, 0.6) is 0 Å². The van der Waals surface area contributed by atoms with Crippen molar-refractivity contribution >= 4 is 32.3 Å². The smallest absolute Gasteiger partial charge is 0.253 e. The number of sulfone groups is 1. The lowest BCUT2D eigenvalue weighted by Gasteiger charge is -2.10. The summed E-state index contributed by atoms with van der Waals surface area (Å²) in [5.74, 6) is 5.39. The largest absolute Gasteiger partial charge is 0.351 e. The molecule has 1 aromatic heterocycles. The maximum atomic E-state index is 12.1. The van der Waals surface area contributed by atoms with Gasteiger partial charge in [-0.2, -0.15) is 0 Å². The van der Waals surface area contributed by atoms with Crippen LogP contribution in [-0.2, 0) is 9.84 Å². The van der Waals surface area contributed by atoms with E-state index in [1.165, 1.54) is 6.20 Å². The van der Waals surface area contributed by atoms with Crippen LogP contribution in [0, 0.1) is 0 Å². The summed E-state index contributed by atoms with van der Waals surface area (Å²) < 4.78 is 22.1. The Kier molecular flexibility index (Phi) is 4.39. The van der Waals surface area contributed by atoms with Gasteiger partial charge in [-0.25, -0.2) is 19.2 Å². The molecule has 0 aliphatic rings. The molecular formula is C13H16N4O3S. The van der Waals surface area contributed by atoms with Gasteiger partial charge in [0.25, 0.3) is 5.91 Å². The summed E-state index contributed by atoms with van der Waals surface area (Å²) in [6.45, 7) is 0.0584. The van der Waals surface area contributed by atoms with E-state index in [1.807, 2.05) is 6.07 Å². The van der Waals surface area contributed by atoms with Gasteiger partial charge in [0.15, 0.2) is 0 Å². The lowest BCUT2D eigenvalue weighted by Crippen LogP contribution is -2.29. The number of fused-ring (bicyclic) bond motifs is 1. The molecule has 0 unspecified atom stereocenters. The van der Waals surface area contributed by atoms with Gasteiger partial charge in [0.1, 0.15) is 15.7 Å². The quantitative estimate of drug-likeness (QED) is 0.540. The molecule has 4 N–H and O–H groups in total. The number of pyridine rings is 1. The van der Waals surface area contributed by atoms with Gasteiger partial charge in [-0.05, 0) is 5.39 Å². The van der Waals surface area contributed by atoms with Crippen LogP contribution >= 0.6 is 0 Å². The third-order valence-corrected chi connectivity index (χ3v) is 3.88. The molecule has 112 valence electrons. The fraction of sp³-hybridized carbons (Fsp3) is 0.231. The number of nitrogens with one attached hydrogen (secondary N) is 2. The lowest BCUT2D eigenvalue weighted by molar-refractivity contribution is 0.0957. The number of aromatic nitrogens is 1. The van der Waals surface area contributed by atoms with Gasteiger partial charge >= 0.3 is 0 Å². The Balaban J connectivity index is 2.28. The standard InChI is InChI=1S/C13H16N4O3S/c1-21(19,20)7-6-15-13(18)11-8-16-12(17-14)10-5-3-2-4-9(10)11/h2-5,8H,6-7,14H2,1H3,(H,15,18)(H,16,17). The number of anilines is 1. The Morgan fingerprint density at radius 3 is 2.57 bits per heavy atom. The van der Waals surface area contributed by atoms with Crippen LogP contribution in [0.25, 0.3) is 10.8 Å². The van der Waals surface area contributed by atoms with E-state index < -0.39 is 9.84 Å². The number of amides is 1. The summed E-state index contributed by atoms with van der Waals surface area (Å²) in [5.41, 5.74) is 2.85. The van der Waals surface area contributed by atoms with Crippen LogP contribution in [0.15, 0.2) is 30.5 Å². The molecule has 0 atom stereocenters. The molecule has 2 rings (SSSR count). The third-order valence-electron chi connectivity index (χ3n) is 2.93. The molecule has 0 aliphatic carbocycles. The van der Waals surface area contributed by atoms with Gasteiger partial charge in [0.2, 0.25) is 0 Å². The van der Waals surface area contributed by atoms with E-state index in [-0.39, 0.29) is 18.2 Å². The van der Waals surface area contributed by atoms with E-state index in [2.05, 4.69) is 15.7 Å².